The fourth-order valence-electron chi connectivity index (χ4n) is 2.97. The molecule has 1 amide bonds. The average molecular weight is 300 g/mol. The van der Waals surface area contributed by atoms with Crippen LogP contribution in [0.3, 0.4) is 0 Å². The summed E-state index contributed by atoms with van der Waals surface area (Å²) in [5.41, 5.74) is 2.90. The summed E-state index contributed by atoms with van der Waals surface area (Å²) >= 11 is 1.68. The van der Waals surface area contributed by atoms with Crippen LogP contribution in [-0.4, -0.2) is 31.4 Å². The maximum atomic E-state index is 12.5. The lowest BCUT2D eigenvalue weighted by molar-refractivity contribution is 0.0862. The maximum Gasteiger partial charge on any atom is 0.252 e. The van der Waals surface area contributed by atoms with Crippen molar-refractivity contribution in [2.75, 3.05) is 20.6 Å². The molecule has 0 fully saturated rings. The van der Waals surface area contributed by atoms with Gasteiger partial charge in [-0.15, -0.1) is 0 Å². The van der Waals surface area contributed by atoms with Gasteiger partial charge in [0.05, 0.1) is 5.54 Å². The molecule has 1 aromatic carbocycles. The number of carbonyl (C=O) groups is 1. The summed E-state index contributed by atoms with van der Waals surface area (Å²) in [6, 6.07) is 10.1. The molecule has 4 heteroatoms. The van der Waals surface area contributed by atoms with Crippen LogP contribution in [0.5, 0.6) is 0 Å². The molecule has 1 aliphatic rings. The first-order valence-corrected chi connectivity index (χ1v) is 8.13. The minimum atomic E-state index is -0.282. The Morgan fingerprint density at radius 1 is 1.29 bits per heavy atom. The van der Waals surface area contributed by atoms with E-state index < -0.39 is 0 Å². The number of hydrogen-bond donors (Lipinski definition) is 1. The Bertz CT molecular complexity index is 636. The number of carbonyl (C=O) groups excluding carboxylic acids is 1. The van der Waals surface area contributed by atoms with Gasteiger partial charge in [0.1, 0.15) is 0 Å². The minimum Gasteiger partial charge on any atom is -0.342 e. The summed E-state index contributed by atoms with van der Waals surface area (Å²) in [5, 5.41) is 7.52. The summed E-state index contributed by atoms with van der Waals surface area (Å²) in [4.78, 5) is 14.7. The van der Waals surface area contributed by atoms with Gasteiger partial charge in [0.15, 0.2) is 0 Å². The average Bonchev–Trinajstić information content (AvgIpc) is 3.00. The molecule has 0 saturated carbocycles. The zero-order chi connectivity index (χ0) is 14.9. The lowest BCUT2D eigenvalue weighted by atomic mass is 9.78. The Balaban J connectivity index is 2.00. The van der Waals surface area contributed by atoms with Crippen molar-refractivity contribution < 1.29 is 4.79 Å². The van der Waals surface area contributed by atoms with E-state index in [4.69, 9.17) is 0 Å². The van der Waals surface area contributed by atoms with E-state index in [9.17, 15) is 4.79 Å². The summed E-state index contributed by atoms with van der Waals surface area (Å²) < 4.78 is 0. The first-order chi connectivity index (χ1) is 10.1. The fourth-order valence-corrected chi connectivity index (χ4v) is 3.73. The van der Waals surface area contributed by atoms with Crippen molar-refractivity contribution >= 4 is 17.2 Å². The van der Waals surface area contributed by atoms with Crippen LogP contribution in [0, 0.1) is 0 Å². The van der Waals surface area contributed by atoms with Gasteiger partial charge in [0.2, 0.25) is 0 Å². The molecule has 1 unspecified atom stereocenters. The lowest BCUT2D eigenvalue weighted by Gasteiger charge is -2.39. The quantitative estimate of drug-likeness (QED) is 0.941. The molecule has 0 saturated heterocycles. The highest BCUT2D eigenvalue weighted by Crippen LogP contribution is 2.35. The van der Waals surface area contributed by atoms with Gasteiger partial charge in [-0.1, -0.05) is 18.2 Å². The molecule has 2 heterocycles. The van der Waals surface area contributed by atoms with Crippen molar-refractivity contribution in [2.24, 2.45) is 0 Å². The third-order valence-electron chi connectivity index (χ3n) is 4.17. The third kappa shape index (κ3) is 2.74. The molecule has 21 heavy (non-hydrogen) atoms. The standard InChI is InChI=1S/C17H20N2OS/c1-19(2)9-8-17(14-7-10-21-12-14)11-13-5-3-4-6-15(13)16(20)18-17/h3-7,10,12H,8-9,11H2,1-2H3,(H,18,20). The summed E-state index contributed by atoms with van der Waals surface area (Å²) in [6.07, 6.45) is 1.77. The van der Waals surface area contributed by atoms with Crippen LogP contribution in [0.4, 0.5) is 0 Å². The van der Waals surface area contributed by atoms with Gasteiger partial charge >= 0.3 is 0 Å². The molecule has 0 bridgehead atoms. The van der Waals surface area contributed by atoms with Crippen LogP contribution in [0.2, 0.25) is 0 Å². The number of fused-ring (bicyclic) bond motifs is 1. The van der Waals surface area contributed by atoms with Gasteiger partial charge in [-0.2, -0.15) is 11.3 Å². The number of amides is 1. The van der Waals surface area contributed by atoms with Gasteiger partial charge in [-0.3, -0.25) is 4.79 Å². The smallest absolute Gasteiger partial charge is 0.252 e. The van der Waals surface area contributed by atoms with Crippen LogP contribution in [0.25, 0.3) is 0 Å². The van der Waals surface area contributed by atoms with Crippen molar-refractivity contribution in [1.82, 2.24) is 10.2 Å². The van der Waals surface area contributed by atoms with E-state index in [1.54, 1.807) is 11.3 Å². The van der Waals surface area contributed by atoms with Crippen molar-refractivity contribution in [1.29, 1.82) is 0 Å². The number of rotatable bonds is 4. The molecule has 1 aromatic heterocycles. The number of benzene rings is 1. The highest BCUT2D eigenvalue weighted by atomic mass is 32.1. The van der Waals surface area contributed by atoms with E-state index >= 15 is 0 Å². The zero-order valence-electron chi connectivity index (χ0n) is 12.4. The lowest BCUT2D eigenvalue weighted by Crippen LogP contribution is -2.52. The molecule has 2 aromatic rings. The first kappa shape index (κ1) is 14.3. The van der Waals surface area contributed by atoms with Crippen molar-refractivity contribution in [3.8, 4) is 0 Å². The van der Waals surface area contributed by atoms with Crippen molar-refractivity contribution in [2.45, 2.75) is 18.4 Å². The van der Waals surface area contributed by atoms with Gasteiger partial charge in [0, 0.05) is 18.5 Å². The molecular weight excluding hydrogens is 280 g/mol. The summed E-state index contributed by atoms with van der Waals surface area (Å²) in [6.45, 7) is 0.943. The highest BCUT2D eigenvalue weighted by Gasteiger charge is 2.39. The van der Waals surface area contributed by atoms with Crippen LogP contribution in [-0.2, 0) is 12.0 Å². The molecule has 0 spiro atoms. The number of nitrogens with one attached hydrogen (secondary N) is 1. The van der Waals surface area contributed by atoms with E-state index in [1.165, 1.54) is 5.56 Å². The second kappa shape index (κ2) is 5.62. The van der Waals surface area contributed by atoms with Crippen LogP contribution >= 0.6 is 11.3 Å². The largest absolute Gasteiger partial charge is 0.342 e. The van der Waals surface area contributed by atoms with Crippen LogP contribution in [0.15, 0.2) is 41.1 Å². The Morgan fingerprint density at radius 3 is 2.81 bits per heavy atom. The van der Waals surface area contributed by atoms with Crippen molar-refractivity contribution in [3.63, 3.8) is 0 Å². The molecule has 0 aliphatic carbocycles. The summed E-state index contributed by atoms with van der Waals surface area (Å²) in [7, 11) is 4.14. The van der Waals surface area contributed by atoms with Gasteiger partial charge in [-0.05, 0) is 54.5 Å². The van der Waals surface area contributed by atoms with E-state index in [0.29, 0.717) is 0 Å². The molecular formula is C17H20N2OS. The van der Waals surface area contributed by atoms with E-state index in [1.807, 2.05) is 18.2 Å². The SMILES string of the molecule is CN(C)CCC1(c2ccsc2)Cc2ccccc2C(=O)N1. The minimum absolute atomic E-state index is 0.0433. The highest BCUT2D eigenvalue weighted by molar-refractivity contribution is 7.08. The second-order valence-electron chi connectivity index (χ2n) is 5.94. The van der Waals surface area contributed by atoms with E-state index in [0.717, 1.165) is 30.5 Å². The van der Waals surface area contributed by atoms with Gasteiger partial charge in [0.25, 0.3) is 5.91 Å². The van der Waals surface area contributed by atoms with Crippen LogP contribution < -0.4 is 5.32 Å². The monoisotopic (exact) mass is 300 g/mol. The predicted octanol–water partition coefficient (Wildman–Crippen LogP) is 2.88. The maximum absolute atomic E-state index is 12.5. The predicted molar refractivity (Wildman–Crippen MR) is 86.8 cm³/mol. The second-order valence-corrected chi connectivity index (χ2v) is 6.72. The Labute approximate surface area is 129 Å². The number of thiophene rings is 1. The van der Waals surface area contributed by atoms with E-state index in [2.05, 4.69) is 47.2 Å². The van der Waals surface area contributed by atoms with E-state index in [-0.39, 0.29) is 11.4 Å². The molecule has 110 valence electrons. The number of nitrogens with zero attached hydrogens (tertiary/aromatic N) is 1. The first-order valence-electron chi connectivity index (χ1n) is 7.18. The normalized spacial score (nSPS) is 21.2. The third-order valence-corrected chi connectivity index (χ3v) is 4.85. The number of hydrogen-bond acceptors (Lipinski definition) is 3. The molecule has 3 nitrogen and oxygen atoms in total. The molecule has 1 N–H and O–H groups in total. The fraction of sp³-hybridized carbons (Fsp3) is 0.353. The van der Waals surface area contributed by atoms with Gasteiger partial charge in [-0.25, -0.2) is 0 Å². The zero-order valence-corrected chi connectivity index (χ0v) is 13.2. The van der Waals surface area contributed by atoms with Crippen LogP contribution in [0.1, 0.15) is 27.9 Å². The topological polar surface area (TPSA) is 32.3 Å². The van der Waals surface area contributed by atoms with Crippen molar-refractivity contribution in [3.05, 3.63) is 57.8 Å². The molecule has 0 radical (unpaired) electrons. The Hall–Kier alpha value is -1.65. The van der Waals surface area contributed by atoms with Gasteiger partial charge < -0.3 is 10.2 Å². The summed E-state index contributed by atoms with van der Waals surface area (Å²) in [5.74, 6) is 0.0433. The Kier molecular flexibility index (Phi) is 3.83. The molecule has 3 rings (SSSR count). The Morgan fingerprint density at radius 2 is 2.10 bits per heavy atom. The molecule has 1 atom stereocenters. The molecule has 1 aliphatic heterocycles.